The fourth-order valence-electron chi connectivity index (χ4n) is 7.75. The predicted molar refractivity (Wildman–Crippen MR) is 191 cm³/mol. The summed E-state index contributed by atoms with van der Waals surface area (Å²) in [5, 5.41) is 0. The van der Waals surface area contributed by atoms with Crippen molar-refractivity contribution in [2.75, 3.05) is 125 Å². The van der Waals surface area contributed by atoms with Gasteiger partial charge >= 0.3 is 0 Å². The number of hydrogen-bond acceptors (Lipinski definition) is 19. The highest BCUT2D eigenvalue weighted by atomic mass is 16.8. The molecule has 17 atom stereocenters. The second-order valence-electron chi connectivity index (χ2n) is 13.5. The van der Waals surface area contributed by atoms with Gasteiger partial charge in [0.1, 0.15) is 78.8 Å². The molecule has 0 aromatic carbocycles. The summed E-state index contributed by atoms with van der Waals surface area (Å²) in [5.41, 5.74) is -1.14. The summed E-state index contributed by atoms with van der Waals surface area (Å²) in [5.74, 6) is 0. The Morgan fingerprint density at radius 2 is 0.927 bits per heavy atom. The highest BCUT2D eigenvalue weighted by Crippen LogP contribution is 2.37. The molecule has 0 aromatic rings. The number of methoxy groups -OCH3 is 13. The van der Waals surface area contributed by atoms with Crippen LogP contribution in [0, 0.1) is 0 Å². The molecule has 17 unspecified atom stereocenters. The normalized spacial score (nSPS) is 38.8. The topological polar surface area (TPSA) is 175 Å². The van der Waals surface area contributed by atoms with E-state index in [2.05, 4.69) is 0 Å². The zero-order chi connectivity index (χ0) is 40.7. The molecule has 0 aliphatic carbocycles. The van der Waals surface area contributed by atoms with Crippen LogP contribution in [-0.4, -0.2) is 229 Å². The van der Waals surface area contributed by atoms with Crippen molar-refractivity contribution in [1.82, 2.24) is 0 Å². The highest BCUT2D eigenvalue weighted by Gasteiger charge is 2.56. The third-order valence-corrected chi connectivity index (χ3v) is 10.5. The quantitative estimate of drug-likeness (QED) is 0.121. The Morgan fingerprint density at radius 3 is 1.31 bits per heavy atom. The summed E-state index contributed by atoms with van der Waals surface area (Å²) in [6, 6.07) is 0. The molecule has 3 aliphatic heterocycles. The molecule has 0 radical (unpaired) electrons. The van der Waals surface area contributed by atoms with E-state index in [0.29, 0.717) is 0 Å². The lowest BCUT2D eigenvalue weighted by Gasteiger charge is -2.51. The van der Waals surface area contributed by atoms with Crippen molar-refractivity contribution in [3.8, 4) is 0 Å². The van der Waals surface area contributed by atoms with E-state index in [1.165, 1.54) is 7.11 Å². The maximum atomic E-state index is 6.92. The van der Waals surface area contributed by atoms with Crippen LogP contribution >= 0.6 is 0 Å². The minimum absolute atomic E-state index is 0.0867. The molecule has 0 saturated carbocycles. The first-order valence-electron chi connectivity index (χ1n) is 18.2. The lowest BCUT2D eigenvalue weighted by atomic mass is 9.95. The van der Waals surface area contributed by atoms with Gasteiger partial charge < -0.3 is 90.0 Å². The largest absolute Gasteiger partial charge is 0.382 e. The lowest BCUT2D eigenvalue weighted by molar-refractivity contribution is -0.397. The van der Waals surface area contributed by atoms with Gasteiger partial charge in [-0.05, 0) is 6.92 Å². The minimum Gasteiger partial charge on any atom is -0.382 e. The first-order chi connectivity index (χ1) is 26.6. The maximum Gasteiger partial charge on any atom is 0.187 e. The molecule has 3 rings (SSSR count). The first-order valence-corrected chi connectivity index (χ1v) is 18.2. The van der Waals surface area contributed by atoms with Crippen LogP contribution in [0.2, 0.25) is 0 Å². The van der Waals surface area contributed by atoms with E-state index in [4.69, 9.17) is 90.0 Å². The summed E-state index contributed by atoms with van der Waals surface area (Å²) in [6.07, 6.45) is -12.3. The summed E-state index contributed by atoms with van der Waals surface area (Å²) in [4.78, 5) is 0. The Balaban J connectivity index is 2.15. The van der Waals surface area contributed by atoms with Crippen LogP contribution in [-0.2, 0) is 90.0 Å². The van der Waals surface area contributed by atoms with Crippen molar-refractivity contribution in [3.63, 3.8) is 0 Å². The van der Waals surface area contributed by atoms with Crippen molar-refractivity contribution in [3.05, 3.63) is 0 Å². The Hall–Kier alpha value is -0.760. The molecule has 3 aliphatic rings. The van der Waals surface area contributed by atoms with E-state index in [9.17, 15) is 0 Å². The van der Waals surface area contributed by atoms with Crippen molar-refractivity contribution >= 4 is 0 Å². The van der Waals surface area contributed by atoms with E-state index in [0.717, 1.165) is 0 Å². The number of ether oxygens (including phenoxy) is 19. The van der Waals surface area contributed by atoms with Crippen molar-refractivity contribution in [1.29, 1.82) is 0 Å². The van der Waals surface area contributed by atoms with Gasteiger partial charge in [0.25, 0.3) is 0 Å². The first kappa shape index (κ1) is 48.6. The molecule has 0 N–H and O–H groups in total. The van der Waals surface area contributed by atoms with E-state index < -0.39 is 104 Å². The Labute approximate surface area is 326 Å². The molecule has 19 heteroatoms. The van der Waals surface area contributed by atoms with Crippen molar-refractivity contribution in [2.24, 2.45) is 0 Å². The van der Waals surface area contributed by atoms with Crippen LogP contribution in [0.5, 0.6) is 0 Å². The standard InChI is InChI=1S/C36H68O19/c1-20-24(42-7)29(54-34-30(47-12)27(45-10)25(43-8)21(52-34)15-37-2)32(33(51-20)50-19-36(49-14,18-40-5)23(41-6)17-39-4)55-35-31(48-13)28(46-11)26(44-9)22(53-35)16-38-3/h20-35H,15-19H2,1-14H3. The van der Waals surface area contributed by atoms with Crippen LogP contribution in [0.3, 0.4) is 0 Å². The highest BCUT2D eigenvalue weighted by molar-refractivity contribution is 4.99. The summed E-state index contributed by atoms with van der Waals surface area (Å²) < 4.78 is 115. The number of rotatable bonds is 25. The molecule has 19 nitrogen and oxygen atoms in total. The van der Waals surface area contributed by atoms with E-state index in [1.54, 1.807) is 85.3 Å². The molecular weight excluding hydrogens is 736 g/mol. The third-order valence-electron chi connectivity index (χ3n) is 10.5. The van der Waals surface area contributed by atoms with Gasteiger partial charge in [0, 0.05) is 92.4 Å². The average molecular weight is 805 g/mol. The van der Waals surface area contributed by atoms with Crippen molar-refractivity contribution in [2.45, 2.75) is 111 Å². The zero-order valence-electron chi connectivity index (χ0n) is 35.0. The predicted octanol–water partition coefficient (Wildman–Crippen LogP) is 0.0588. The molecule has 3 heterocycles. The molecular formula is C36H68O19. The van der Waals surface area contributed by atoms with Crippen LogP contribution in [0.25, 0.3) is 0 Å². The molecule has 326 valence electrons. The van der Waals surface area contributed by atoms with Crippen LogP contribution in [0.15, 0.2) is 0 Å². The van der Waals surface area contributed by atoms with Gasteiger partial charge in [0.15, 0.2) is 18.9 Å². The van der Waals surface area contributed by atoms with Gasteiger partial charge in [-0.25, -0.2) is 0 Å². The van der Waals surface area contributed by atoms with E-state index >= 15 is 0 Å². The Bertz CT molecular complexity index is 1030. The monoisotopic (exact) mass is 804 g/mol. The van der Waals surface area contributed by atoms with Crippen LogP contribution in [0.1, 0.15) is 6.92 Å². The van der Waals surface area contributed by atoms with Gasteiger partial charge in [-0.3, -0.25) is 0 Å². The van der Waals surface area contributed by atoms with Gasteiger partial charge in [-0.1, -0.05) is 0 Å². The number of hydrogen-bond donors (Lipinski definition) is 0. The Kier molecular flexibility index (Phi) is 21.5. The van der Waals surface area contributed by atoms with Gasteiger partial charge in [-0.15, -0.1) is 0 Å². The fraction of sp³-hybridized carbons (Fsp3) is 1.00. The smallest absolute Gasteiger partial charge is 0.187 e. The summed E-state index contributed by atoms with van der Waals surface area (Å²) >= 11 is 0. The molecule has 3 fully saturated rings. The molecule has 0 bridgehead atoms. The molecule has 0 spiro atoms. The van der Waals surface area contributed by atoms with Crippen molar-refractivity contribution < 1.29 is 90.0 Å². The van der Waals surface area contributed by atoms with Gasteiger partial charge in [-0.2, -0.15) is 0 Å². The SMILES string of the molecule is COCC1OC(OC2C(OCC(COC)(OC)C(COC)OC)OC(C)C(OC)C2OC2OC(COC)C(OC)C(OC)C2OC)C(OC)C(OC)C1OC. The van der Waals surface area contributed by atoms with Gasteiger partial charge in [0.05, 0.1) is 39.1 Å². The average Bonchev–Trinajstić information content (AvgIpc) is 3.19. The Morgan fingerprint density at radius 1 is 0.455 bits per heavy atom. The van der Waals surface area contributed by atoms with Crippen LogP contribution < -0.4 is 0 Å². The molecule has 55 heavy (non-hydrogen) atoms. The molecule has 3 saturated heterocycles. The lowest BCUT2D eigenvalue weighted by Crippen LogP contribution is -2.68. The van der Waals surface area contributed by atoms with E-state index in [1.807, 2.05) is 6.92 Å². The summed E-state index contributed by atoms with van der Waals surface area (Å²) in [7, 11) is 20.3. The maximum absolute atomic E-state index is 6.92. The molecule has 0 amide bonds. The van der Waals surface area contributed by atoms with Gasteiger partial charge in [0.2, 0.25) is 0 Å². The van der Waals surface area contributed by atoms with Crippen LogP contribution in [0.4, 0.5) is 0 Å². The van der Waals surface area contributed by atoms with E-state index in [-0.39, 0.29) is 33.0 Å². The minimum atomic E-state index is -1.14. The molecule has 0 aromatic heterocycles. The summed E-state index contributed by atoms with van der Waals surface area (Å²) in [6.45, 7) is 2.39. The zero-order valence-corrected chi connectivity index (χ0v) is 35.0. The second kappa shape index (κ2) is 24.4. The second-order valence-corrected chi connectivity index (χ2v) is 13.5. The fourth-order valence-corrected chi connectivity index (χ4v) is 7.75. The third kappa shape index (κ3) is 11.3.